The molecule has 4 nitrogen and oxygen atoms in total. The Kier molecular flexibility index (Phi) is 2.72. The minimum atomic E-state index is 0.428. The van der Waals surface area contributed by atoms with Crippen molar-refractivity contribution in [1.82, 2.24) is 9.97 Å². The highest BCUT2D eigenvalue weighted by Gasteiger charge is 2.38. The lowest BCUT2D eigenvalue weighted by molar-refractivity contribution is 0.271. The molecule has 0 spiro atoms. The molecule has 1 unspecified atom stereocenters. The Labute approximate surface area is 114 Å². The van der Waals surface area contributed by atoms with E-state index in [0.29, 0.717) is 6.04 Å². The van der Waals surface area contributed by atoms with Crippen LogP contribution in [0, 0.1) is 11.8 Å². The number of nitrogens with zero attached hydrogens (tertiary/aromatic N) is 3. The standard InChI is InChI=1S/C15H22N4/c16-12-5-4-10-7-19(8-11(10)6-12)15-13-2-1-3-14(13)17-9-18-15/h9-12H,1-8,16H2/t10-,11+,12?/m1/s1. The largest absolute Gasteiger partial charge is 0.356 e. The van der Waals surface area contributed by atoms with Crippen LogP contribution in [0.25, 0.3) is 0 Å². The van der Waals surface area contributed by atoms with Gasteiger partial charge in [0.25, 0.3) is 0 Å². The van der Waals surface area contributed by atoms with E-state index < -0.39 is 0 Å². The van der Waals surface area contributed by atoms with Gasteiger partial charge in [-0.3, -0.25) is 0 Å². The van der Waals surface area contributed by atoms with Crippen LogP contribution in [0.3, 0.4) is 0 Å². The summed E-state index contributed by atoms with van der Waals surface area (Å²) in [7, 11) is 0. The normalized spacial score (nSPS) is 33.3. The second-order valence-corrected chi connectivity index (χ2v) is 6.47. The SMILES string of the molecule is NC1CC[C@@H]2CN(c3ncnc4c3CCC4)C[C@@H]2C1. The van der Waals surface area contributed by atoms with Crippen LogP contribution in [0.1, 0.15) is 36.9 Å². The molecule has 0 amide bonds. The third-order valence-corrected chi connectivity index (χ3v) is 5.24. The van der Waals surface area contributed by atoms with Gasteiger partial charge in [-0.2, -0.15) is 0 Å². The molecule has 2 fully saturated rings. The Morgan fingerprint density at radius 2 is 2.00 bits per heavy atom. The van der Waals surface area contributed by atoms with E-state index in [1.54, 1.807) is 6.33 Å². The monoisotopic (exact) mass is 258 g/mol. The molecule has 2 aliphatic carbocycles. The van der Waals surface area contributed by atoms with E-state index in [0.717, 1.165) is 31.2 Å². The van der Waals surface area contributed by atoms with Crippen LogP contribution < -0.4 is 10.6 Å². The molecule has 0 aromatic carbocycles. The fraction of sp³-hybridized carbons (Fsp3) is 0.733. The molecule has 2 N–H and O–H groups in total. The lowest BCUT2D eigenvalue weighted by Gasteiger charge is -2.27. The highest BCUT2D eigenvalue weighted by Crippen LogP contribution is 2.39. The van der Waals surface area contributed by atoms with Crippen molar-refractivity contribution in [2.45, 2.75) is 44.6 Å². The summed E-state index contributed by atoms with van der Waals surface area (Å²) in [5.41, 5.74) is 8.83. The zero-order valence-electron chi connectivity index (χ0n) is 11.4. The number of hydrogen-bond acceptors (Lipinski definition) is 4. The minimum absolute atomic E-state index is 0.428. The predicted molar refractivity (Wildman–Crippen MR) is 75.1 cm³/mol. The van der Waals surface area contributed by atoms with Crippen molar-refractivity contribution in [3.05, 3.63) is 17.6 Å². The van der Waals surface area contributed by atoms with E-state index in [1.165, 1.54) is 49.3 Å². The van der Waals surface area contributed by atoms with Crippen LogP contribution in [0.2, 0.25) is 0 Å². The Bertz CT molecular complexity index is 487. The maximum atomic E-state index is 6.12. The molecule has 2 heterocycles. The van der Waals surface area contributed by atoms with Gasteiger partial charge in [0.2, 0.25) is 0 Å². The zero-order valence-corrected chi connectivity index (χ0v) is 11.4. The summed E-state index contributed by atoms with van der Waals surface area (Å²) >= 11 is 0. The van der Waals surface area contributed by atoms with E-state index in [9.17, 15) is 0 Å². The van der Waals surface area contributed by atoms with Crippen molar-refractivity contribution in [2.24, 2.45) is 17.6 Å². The van der Waals surface area contributed by atoms with E-state index in [2.05, 4.69) is 14.9 Å². The van der Waals surface area contributed by atoms with E-state index in [4.69, 9.17) is 5.73 Å². The Balaban J connectivity index is 1.60. The number of aromatic nitrogens is 2. The van der Waals surface area contributed by atoms with Gasteiger partial charge in [-0.1, -0.05) is 0 Å². The third-order valence-electron chi connectivity index (χ3n) is 5.24. The average Bonchev–Trinajstić information content (AvgIpc) is 3.03. The molecule has 102 valence electrons. The minimum Gasteiger partial charge on any atom is -0.356 e. The number of rotatable bonds is 1. The molecule has 3 aliphatic rings. The first-order chi connectivity index (χ1) is 9.31. The van der Waals surface area contributed by atoms with E-state index >= 15 is 0 Å². The van der Waals surface area contributed by atoms with Gasteiger partial charge >= 0.3 is 0 Å². The van der Waals surface area contributed by atoms with E-state index in [1.807, 2.05) is 0 Å². The number of nitrogens with two attached hydrogens (primary N) is 1. The summed E-state index contributed by atoms with van der Waals surface area (Å²) in [4.78, 5) is 11.5. The predicted octanol–water partition coefficient (Wildman–Crippen LogP) is 1.53. The van der Waals surface area contributed by atoms with Crippen LogP contribution in [-0.4, -0.2) is 29.1 Å². The van der Waals surface area contributed by atoms with Gasteiger partial charge in [0.15, 0.2) is 0 Å². The molecule has 1 saturated heterocycles. The summed E-state index contributed by atoms with van der Waals surface area (Å²) in [6, 6.07) is 0.428. The van der Waals surface area contributed by atoms with Gasteiger partial charge in [0.05, 0.1) is 0 Å². The first-order valence-electron chi connectivity index (χ1n) is 7.64. The van der Waals surface area contributed by atoms with Crippen LogP contribution in [-0.2, 0) is 12.8 Å². The molecule has 4 rings (SSSR count). The molecule has 4 heteroatoms. The van der Waals surface area contributed by atoms with Crippen molar-refractivity contribution in [1.29, 1.82) is 0 Å². The lowest BCUT2D eigenvalue weighted by atomic mass is 9.79. The van der Waals surface area contributed by atoms with Gasteiger partial charge in [-0.25, -0.2) is 9.97 Å². The van der Waals surface area contributed by atoms with Crippen molar-refractivity contribution in [2.75, 3.05) is 18.0 Å². The molecule has 1 aliphatic heterocycles. The van der Waals surface area contributed by atoms with Crippen molar-refractivity contribution < 1.29 is 0 Å². The maximum Gasteiger partial charge on any atom is 0.135 e. The van der Waals surface area contributed by atoms with Crippen LogP contribution in [0.5, 0.6) is 0 Å². The zero-order chi connectivity index (χ0) is 12.8. The van der Waals surface area contributed by atoms with Gasteiger partial charge < -0.3 is 10.6 Å². The fourth-order valence-corrected chi connectivity index (χ4v) is 4.26. The second kappa shape index (κ2) is 4.44. The maximum absolute atomic E-state index is 6.12. The van der Waals surface area contributed by atoms with E-state index in [-0.39, 0.29) is 0 Å². The summed E-state index contributed by atoms with van der Waals surface area (Å²) in [5.74, 6) is 2.85. The van der Waals surface area contributed by atoms with Crippen molar-refractivity contribution in [3.63, 3.8) is 0 Å². The fourth-order valence-electron chi connectivity index (χ4n) is 4.26. The number of aryl methyl sites for hydroxylation is 1. The molecule has 0 radical (unpaired) electrons. The van der Waals surface area contributed by atoms with Crippen LogP contribution >= 0.6 is 0 Å². The summed E-state index contributed by atoms with van der Waals surface area (Å²) < 4.78 is 0. The second-order valence-electron chi connectivity index (χ2n) is 6.47. The highest BCUT2D eigenvalue weighted by molar-refractivity contribution is 5.51. The van der Waals surface area contributed by atoms with Gasteiger partial charge in [0, 0.05) is 30.4 Å². The molecular weight excluding hydrogens is 236 g/mol. The number of hydrogen-bond donors (Lipinski definition) is 1. The smallest absolute Gasteiger partial charge is 0.135 e. The molecule has 1 aromatic heterocycles. The molecule has 3 atom stereocenters. The quantitative estimate of drug-likeness (QED) is 0.830. The molecule has 1 aromatic rings. The molecular formula is C15H22N4. The Morgan fingerprint density at radius 3 is 2.95 bits per heavy atom. The van der Waals surface area contributed by atoms with Gasteiger partial charge in [-0.05, 0) is 50.4 Å². The first-order valence-corrected chi connectivity index (χ1v) is 7.64. The molecule has 19 heavy (non-hydrogen) atoms. The number of anilines is 1. The summed E-state index contributed by atoms with van der Waals surface area (Å²) in [6.07, 6.45) is 9.01. The van der Waals surface area contributed by atoms with Gasteiger partial charge in [0.1, 0.15) is 12.1 Å². The molecule has 0 bridgehead atoms. The summed E-state index contributed by atoms with van der Waals surface area (Å²) in [5, 5.41) is 0. The lowest BCUT2D eigenvalue weighted by Crippen LogP contribution is -2.32. The first kappa shape index (κ1) is 11.6. The number of fused-ring (bicyclic) bond motifs is 2. The third kappa shape index (κ3) is 1.93. The highest BCUT2D eigenvalue weighted by atomic mass is 15.2. The molecule has 1 saturated carbocycles. The topological polar surface area (TPSA) is 55.0 Å². The Morgan fingerprint density at radius 1 is 1.11 bits per heavy atom. The average molecular weight is 258 g/mol. The van der Waals surface area contributed by atoms with Crippen LogP contribution in [0.15, 0.2) is 6.33 Å². The van der Waals surface area contributed by atoms with Gasteiger partial charge in [-0.15, -0.1) is 0 Å². The van der Waals surface area contributed by atoms with Crippen molar-refractivity contribution in [3.8, 4) is 0 Å². The van der Waals surface area contributed by atoms with Crippen LogP contribution in [0.4, 0.5) is 5.82 Å². The van der Waals surface area contributed by atoms with Crippen molar-refractivity contribution >= 4 is 5.82 Å². The summed E-state index contributed by atoms with van der Waals surface area (Å²) in [6.45, 7) is 2.34. The Hall–Kier alpha value is -1.16.